The molecule has 1 heterocycles. The molecule has 5 nitrogen and oxygen atoms in total. The number of aromatic nitrogens is 3. The maximum atomic E-state index is 14.0. The number of nitrogens with zero attached hydrogens (tertiary/aromatic N) is 2. The third kappa shape index (κ3) is 3.03. The highest BCUT2D eigenvalue weighted by atomic mass is 32.2. The van der Waals surface area contributed by atoms with Crippen LogP contribution in [0.5, 0.6) is 0 Å². The molecule has 112 valence electrons. The predicted octanol–water partition coefficient (Wildman–Crippen LogP) is 2.31. The van der Waals surface area contributed by atoms with Gasteiger partial charge in [-0.3, -0.25) is 4.57 Å². The number of benzene rings is 1. The molecule has 0 unspecified atom stereocenters. The Labute approximate surface area is 125 Å². The molecule has 1 fully saturated rings. The van der Waals surface area contributed by atoms with E-state index < -0.39 is 0 Å². The van der Waals surface area contributed by atoms with Crippen molar-refractivity contribution in [1.29, 1.82) is 0 Å². The summed E-state index contributed by atoms with van der Waals surface area (Å²) in [7, 11) is 0. The lowest BCUT2D eigenvalue weighted by molar-refractivity contribution is 0.585. The van der Waals surface area contributed by atoms with Crippen LogP contribution in [0.25, 0.3) is 0 Å². The molecule has 7 heteroatoms. The van der Waals surface area contributed by atoms with Crippen molar-refractivity contribution in [3.05, 3.63) is 40.1 Å². The Balaban J connectivity index is 1.91. The van der Waals surface area contributed by atoms with Gasteiger partial charge in [-0.1, -0.05) is 13.0 Å². The van der Waals surface area contributed by atoms with Crippen LogP contribution in [0.1, 0.15) is 31.4 Å². The number of hydrogen-bond donors (Lipinski definition) is 2. The van der Waals surface area contributed by atoms with Gasteiger partial charge in [0.25, 0.3) is 0 Å². The minimum absolute atomic E-state index is 0.190. The molecule has 21 heavy (non-hydrogen) atoms. The fourth-order valence-corrected chi connectivity index (χ4v) is 3.23. The Morgan fingerprint density at radius 3 is 3.05 bits per heavy atom. The second-order valence-corrected chi connectivity index (χ2v) is 6.02. The maximum Gasteiger partial charge on any atom is 0.344 e. The van der Waals surface area contributed by atoms with E-state index in [-0.39, 0.29) is 17.5 Å². The van der Waals surface area contributed by atoms with E-state index in [9.17, 15) is 9.18 Å². The van der Waals surface area contributed by atoms with E-state index >= 15 is 0 Å². The monoisotopic (exact) mass is 308 g/mol. The van der Waals surface area contributed by atoms with Gasteiger partial charge in [-0.25, -0.2) is 14.3 Å². The van der Waals surface area contributed by atoms with Gasteiger partial charge >= 0.3 is 5.69 Å². The van der Waals surface area contributed by atoms with Crippen molar-refractivity contribution in [1.82, 2.24) is 20.1 Å². The summed E-state index contributed by atoms with van der Waals surface area (Å²) in [5, 5.41) is 10.3. The van der Waals surface area contributed by atoms with Crippen molar-refractivity contribution in [2.45, 2.75) is 42.4 Å². The summed E-state index contributed by atoms with van der Waals surface area (Å²) in [6.07, 6.45) is 2.00. The van der Waals surface area contributed by atoms with Gasteiger partial charge in [-0.2, -0.15) is 0 Å². The Morgan fingerprint density at radius 1 is 1.52 bits per heavy atom. The van der Waals surface area contributed by atoms with Crippen molar-refractivity contribution in [3.8, 4) is 0 Å². The third-order valence-electron chi connectivity index (χ3n) is 3.41. The summed E-state index contributed by atoms with van der Waals surface area (Å²) < 4.78 is 15.7. The van der Waals surface area contributed by atoms with Crippen LogP contribution >= 0.6 is 11.8 Å². The van der Waals surface area contributed by atoms with Gasteiger partial charge in [0, 0.05) is 23.0 Å². The summed E-state index contributed by atoms with van der Waals surface area (Å²) in [5.74, 6) is -0.239. The molecule has 2 aromatic rings. The fourth-order valence-electron chi connectivity index (χ4n) is 2.17. The van der Waals surface area contributed by atoms with Gasteiger partial charge in [0.15, 0.2) is 5.16 Å². The second kappa shape index (κ2) is 6.03. The van der Waals surface area contributed by atoms with E-state index in [1.165, 1.54) is 17.8 Å². The zero-order chi connectivity index (χ0) is 14.8. The molecule has 1 aromatic heterocycles. The van der Waals surface area contributed by atoms with E-state index in [0.29, 0.717) is 17.3 Å². The van der Waals surface area contributed by atoms with E-state index in [2.05, 4.69) is 15.5 Å². The maximum absolute atomic E-state index is 14.0. The number of H-pyrrole nitrogens is 1. The quantitative estimate of drug-likeness (QED) is 0.859. The number of halogens is 1. The van der Waals surface area contributed by atoms with Crippen LogP contribution < -0.4 is 11.0 Å². The van der Waals surface area contributed by atoms with Gasteiger partial charge in [0.1, 0.15) is 5.82 Å². The molecule has 2 N–H and O–H groups in total. The summed E-state index contributed by atoms with van der Waals surface area (Å²) >= 11 is 1.34. The number of hydrogen-bond acceptors (Lipinski definition) is 4. The topological polar surface area (TPSA) is 62.7 Å². The fraction of sp³-hybridized carbons (Fsp3) is 0.429. The molecule has 1 aliphatic carbocycles. The average molecular weight is 308 g/mol. The number of rotatable bonds is 6. The summed E-state index contributed by atoms with van der Waals surface area (Å²) in [6.45, 7) is 3.21. The summed E-state index contributed by atoms with van der Waals surface area (Å²) in [4.78, 5) is 12.6. The molecular formula is C14H17FN4OS. The lowest BCUT2D eigenvalue weighted by Crippen LogP contribution is -2.16. The van der Waals surface area contributed by atoms with Crippen LogP contribution in [0.2, 0.25) is 0 Å². The highest BCUT2D eigenvalue weighted by Crippen LogP contribution is 2.38. The molecule has 3 rings (SSSR count). The molecule has 0 radical (unpaired) electrons. The van der Waals surface area contributed by atoms with Gasteiger partial charge in [-0.05, 0) is 43.3 Å². The summed E-state index contributed by atoms with van der Waals surface area (Å²) in [6, 6.07) is 5.23. The first kappa shape index (κ1) is 14.3. The smallest absolute Gasteiger partial charge is 0.313 e. The van der Waals surface area contributed by atoms with Gasteiger partial charge in [-0.15, -0.1) is 5.10 Å². The van der Waals surface area contributed by atoms with Crippen molar-refractivity contribution in [2.24, 2.45) is 0 Å². The second-order valence-electron chi connectivity index (χ2n) is 5.01. The Kier molecular flexibility index (Phi) is 4.12. The molecule has 0 spiro atoms. The molecule has 0 atom stereocenters. The highest BCUT2D eigenvalue weighted by molar-refractivity contribution is 7.99. The number of aromatic amines is 1. The van der Waals surface area contributed by atoms with E-state index in [1.54, 1.807) is 10.6 Å². The largest absolute Gasteiger partial charge is 0.344 e. The molecule has 0 saturated heterocycles. The first-order valence-corrected chi connectivity index (χ1v) is 7.85. The predicted molar refractivity (Wildman–Crippen MR) is 79.0 cm³/mol. The first-order chi connectivity index (χ1) is 10.2. The highest BCUT2D eigenvalue weighted by Gasteiger charge is 2.29. The Morgan fingerprint density at radius 2 is 2.33 bits per heavy atom. The van der Waals surface area contributed by atoms with Crippen LogP contribution in [0.3, 0.4) is 0 Å². The van der Waals surface area contributed by atoms with Crippen LogP contribution in [0, 0.1) is 5.82 Å². The molecule has 0 bridgehead atoms. The van der Waals surface area contributed by atoms with Crippen molar-refractivity contribution < 1.29 is 4.39 Å². The molecule has 0 amide bonds. The van der Waals surface area contributed by atoms with Crippen LogP contribution in [-0.4, -0.2) is 21.3 Å². The Hall–Kier alpha value is -1.60. The van der Waals surface area contributed by atoms with E-state index in [4.69, 9.17) is 0 Å². The lowest BCUT2D eigenvalue weighted by Gasteiger charge is -2.10. The average Bonchev–Trinajstić information content (AvgIpc) is 3.23. The van der Waals surface area contributed by atoms with Gasteiger partial charge in [0.2, 0.25) is 0 Å². The lowest BCUT2D eigenvalue weighted by atomic mass is 10.2. The number of nitrogens with one attached hydrogen (secondary N) is 2. The van der Waals surface area contributed by atoms with Crippen LogP contribution in [0.4, 0.5) is 4.39 Å². The molecule has 1 aliphatic rings. The van der Waals surface area contributed by atoms with Crippen molar-refractivity contribution in [2.75, 3.05) is 6.54 Å². The standard InChI is InChI=1S/C14H17FN4OS/c1-2-16-8-10-11(15)4-3-5-12(10)21-14-18-17-13(20)19(14)9-6-7-9/h3-5,9,16H,2,6-8H2,1H3,(H,17,20). The zero-order valence-electron chi connectivity index (χ0n) is 11.7. The van der Waals surface area contributed by atoms with Crippen molar-refractivity contribution in [3.63, 3.8) is 0 Å². The van der Waals surface area contributed by atoms with E-state index in [1.807, 2.05) is 13.0 Å². The first-order valence-electron chi connectivity index (χ1n) is 7.03. The Bertz CT molecular complexity index is 693. The third-order valence-corrected chi connectivity index (χ3v) is 4.49. The molecule has 0 aliphatic heterocycles. The molecule has 1 aromatic carbocycles. The van der Waals surface area contributed by atoms with Crippen LogP contribution in [-0.2, 0) is 6.54 Å². The normalized spacial score (nSPS) is 14.6. The van der Waals surface area contributed by atoms with Crippen LogP contribution in [0.15, 0.2) is 33.0 Å². The van der Waals surface area contributed by atoms with Gasteiger partial charge in [0.05, 0.1) is 0 Å². The minimum Gasteiger partial charge on any atom is -0.313 e. The SMILES string of the molecule is CCNCc1c(F)cccc1Sc1n[nH]c(=O)n1C1CC1. The van der Waals surface area contributed by atoms with Gasteiger partial charge < -0.3 is 5.32 Å². The minimum atomic E-state index is -0.239. The zero-order valence-corrected chi connectivity index (χ0v) is 12.5. The van der Waals surface area contributed by atoms with Crippen molar-refractivity contribution >= 4 is 11.8 Å². The molecule has 1 saturated carbocycles. The molecular weight excluding hydrogens is 291 g/mol. The summed E-state index contributed by atoms with van der Waals surface area (Å²) in [5.41, 5.74) is 0.423. The van der Waals surface area contributed by atoms with E-state index in [0.717, 1.165) is 24.3 Å².